The van der Waals surface area contributed by atoms with E-state index < -0.39 is 25.9 Å². The number of pyridine rings is 1. The Morgan fingerprint density at radius 1 is 1.40 bits per heavy atom. The second kappa shape index (κ2) is 5.64. The summed E-state index contributed by atoms with van der Waals surface area (Å²) in [7, 11) is -7.11. The first-order valence-corrected chi connectivity index (χ1v) is 9.29. The van der Waals surface area contributed by atoms with Crippen LogP contribution in [0.5, 0.6) is 0 Å². The van der Waals surface area contributed by atoms with Crippen molar-refractivity contribution in [2.45, 2.75) is 23.9 Å². The topological polar surface area (TPSA) is 131 Å². The molecule has 112 valence electrons. The monoisotopic (exact) mass is 320 g/mol. The molecular weight excluding hydrogens is 304 g/mol. The van der Waals surface area contributed by atoms with E-state index in [0.717, 1.165) is 0 Å². The predicted molar refractivity (Wildman–Crippen MR) is 74.0 cm³/mol. The molecule has 4 N–H and O–H groups in total. The smallest absolute Gasteiger partial charge is 0.260 e. The standard InChI is InChI=1S/C10H16N4O4S2/c11-13-9-4-1-5-12-10(9)20(17,18)14-8-3-2-6-19(15,16)7-8/h1,4-5,8,13-14H,2-3,6-7,11H2. The Balaban J connectivity index is 2.23. The highest BCUT2D eigenvalue weighted by Gasteiger charge is 2.30. The molecule has 2 rings (SSSR count). The number of hydrogen-bond donors (Lipinski definition) is 3. The lowest BCUT2D eigenvalue weighted by Gasteiger charge is -2.23. The first-order valence-electron chi connectivity index (χ1n) is 5.98. The fourth-order valence-electron chi connectivity index (χ4n) is 2.11. The van der Waals surface area contributed by atoms with Crippen LogP contribution in [0.2, 0.25) is 0 Å². The Hall–Kier alpha value is -1.23. The molecule has 0 radical (unpaired) electrons. The zero-order chi connectivity index (χ0) is 14.8. The molecule has 0 saturated carbocycles. The third kappa shape index (κ3) is 3.45. The Morgan fingerprint density at radius 3 is 2.80 bits per heavy atom. The zero-order valence-corrected chi connectivity index (χ0v) is 12.2. The minimum absolute atomic E-state index is 0.102. The predicted octanol–water partition coefficient (Wildman–Crippen LogP) is -0.777. The SMILES string of the molecule is NNc1cccnc1S(=O)(=O)NC1CCCS(=O)(=O)C1. The van der Waals surface area contributed by atoms with Crippen LogP contribution in [0.1, 0.15) is 12.8 Å². The quantitative estimate of drug-likeness (QED) is 0.490. The highest BCUT2D eigenvalue weighted by Crippen LogP contribution is 2.19. The Bertz CT molecular complexity index is 687. The molecule has 1 unspecified atom stereocenters. The number of hydrogen-bond acceptors (Lipinski definition) is 7. The molecule has 8 nitrogen and oxygen atoms in total. The van der Waals surface area contributed by atoms with Crippen LogP contribution in [0, 0.1) is 0 Å². The van der Waals surface area contributed by atoms with Crippen LogP contribution >= 0.6 is 0 Å². The molecule has 1 aromatic heterocycles. The highest BCUT2D eigenvalue weighted by molar-refractivity contribution is 7.91. The van der Waals surface area contributed by atoms with Gasteiger partial charge in [0.2, 0.25) is 0 Å². The van der Waals surface area contributed by atoms with Gasteiger partial charge in [0.15, 0.2) is 14.9 Å². The van der Waals surface area contributed by atoms with E-state index in [1.807, 2.05) is 0 Å². The van der Waals surface area contributed by atoms with Gasteiger partial charge in [0.1, 0.15) is 0 Å². The summed E-state index contributed by atoms with van der Waals surface area (Å²) in [6, 6.07) is 2.38. The largest absolute Gasteiger partial charge is 0.321 e. The van der Waals surface area contributed by atoms with E-state index in [4.69, 9.17) is 5.84 Å². The van der Waals surface area contributed by atoms with Crippen LogP contribution in [0.15, 0.2) is 23.4 Å². The van der Waals surface area contributed by atoms with Gasteiger partial charge in [0.25, 0.3) is 10.0 Å². The van der Waals surface area contributed by atoms with Crippen molar-refractivity contribution in [3.63, 3.8) is 0 Å². The maximum atomic E-state index is 12.2. The third-order valence-electron chi connectivity index (χ3n) is 2.97. The van der Waals surface area contributed by atoms with E-state index in [0.29, 0.717) is 12.8 Å². The summed E-state index contributed by atoms with van der Waals surface area (Å²) in [5.74, 6) is 5.16. The lowest BCUT2D eigenvalue weighted by molar-refractivity contribution is 0.516. The van der Waals surface area contributed by atoms with Crippen molar-refractivity contribution < 1.29 is 16.8 Å². The summed E-state index contributed by atoms with van der Waals surface area (Å²) in [6.07, 6.45) is 2.25. The average Bonchev–Trinajstić information content (AvgIpc) is 2.37. The molecule has 0 bridgehead atoms. The zero-order valence-electron chi connectivity index (χ0n) is 10.6. The van der Waals surface area contributed by atoms with Crippen molar-refractivity contribution in [3.8, 4) is 0 Å². The second-order valence-corrected chi connectivity index (χ2v) is 8.43. The minimum Gasteiger partial charge on any atom is -0.321 e. The van der Waals surface area contributed by atoms with Gasteiger partial charge in [0, 0.05) is 12.2 Å². The van der Waals surface area contributed by atoms with Gasteiger partial charge in [0.05, 0.1) is 17.2 Å². The van der Waals surface area contributed by atoms with E-state index in [2.05, 4.69) is 15.1 Å². The number of anilines is 1. The number of sulfonamides is 1. The number of aromatic nitrogens is 1. The fourth-order valence-corrected chi connectivity index (χ4v) is 5.22. The number of sulfone groups is 1. The average molecular weight is 320 g/mol. The van der Waals surface area contributed by atoms with E-state index in [-0.39, 0.29) is 22.2 Å². The van der Waals surface area contributed by atoms with Crippen LogP contribution < -0.4 is 16.0 Å². The second-order valence-electron chi connectivity index (χ2n) is 4.58. The maximum absolute atomic E-state index is 12.2. The van der Waals surface area contributed by atoms with Gasteiger partial charge >= 0.3 is 0 Å². The van der Waals surface area contributed by atoms with Crippen molar-refractivity contribution >= 4 is 25.5 Å². The molecule has 0 spiro atoms. The normalized spacial score (nSPS) is 22.4. The summed E-state index contributed by atoms with van der Waals surface area (Å²) in [5, 5.41) is -0.245. The van der Waals surface area contributed by atoms with Gasteiger partial charge in [-0.15, -0.1) is 0 Å². The lowest BCUT2D eigenvalue weighted by Crippen LogP contribution is -2.43. The Morgan fingerprint density at radius 2 is 2.15 bits per heavy atom. The van der Waals surface area contributed by atoms with Gasteiger partial charge < -0.3 is 5.43 Å². The summed E-state index contributed by atoms with van der Waals surface area (Å²) in [4.78, 5) is 3.78. The number of rotatable bonds is 4. The van der Waals surface area contributed by atoms with Gasteiger partial charge in [-0.25, -0.2) is 26.5 Å². The first kappa shape index (κ1) is 15.2. The first-order chi connectivity index (χ1) is 9.34. The molecule has 1 atom stereocenters. The number of hydrazine groups is 1. The van der Waals surface area contributed by atoms with Gasteiger partial charge in [-0.1, -0.05) is 0 Å². The van der Waals surface area contributed by atoms with E-state index in [1.54, 1.807) is 6.07 Å². The summed E-state index contributed by atoms with van der Waals surface area (Å²) >= 11 is 0. The summed E-state index contributed by atoms with van der Waals surface area (Å²) in [6.45, 7) is 0. The summed E-state index contributed by atoms with van der Waals surface area (Å²) < 4.78 is 49.9. The molecule has 1 saturated heterocycles. The van der Waals surface area contributed by atoms with Crippen LogP contribution in [0.25, 0.3) is 0 Å². The van der Waals surface area contributed by atoms with Crippen LogP contribution in [0.4, 0.5) is 5.69 Å². The molecule has 0 aliphatic carbocycles. The van der Waals surface area contributed by atoms with Crippen molar-refractivity contribution in [1.29, 1.82) is 0 Å². The number of nitrogen functional groups attached to an aromatic ring is 1. The minimum atomic E-state index is -3.92. The van der Waals surface area contributed by atoms with Crippen LogP contribution in [-0.2, 0) is 19.9 Å². The molecule has 0 amide bonds. The van der Waals surface area contributed by atoms with E-state index in [9.17, 15) is 16.8 Å². The van der Waals surface area contributed by atoms with Crippen molar-refractivity contribution in [3.05, 3.63) is 18.3 Å². The van der Waals surface area contributed by atoms with Gasteiger partial charge in [-0.2, -0.15) is 0 Å². The van der Waals surface area contributed by atoms with Gasteiger partial charge in [-0.3, -0.25) is 5.84 Å². The fraction of sp³-hybridized carbons (Fsp3) is 0.500. The molecule has 1 aliphatic rings. The lowest BCUT2D eigenvalue weighted by atomic mass is 10.2. The van der Waals surface area contributed by atoms with Crippen molar-refractivity contribution in [2.24, 2.45) is 5.84 Å². The molecule has 20 heavy (non-hydrogen) atoms. The number of nitrogens with one attached hydrogen (secondary N) is 2. The summed E-state index contributed by atoms with van der Waals surface area (Å²) in [5.41, 5.74) is 2.41. The molecule has 1 aliphatic heterocycles. The number of nitrogens with two attached hydrogens (primary N) is 1. The Labute approximate surface area is 117 Å². The molecule has 1 aromatic rings. The third-order valence-corrected chi connectivity index (χ3v) is 6.27. The molecule has 0 aromatic carbocycles. The molecule has 10 heteroatoms. The van der Waals surface area contributed by atoms with Crippen molar-refractivity contribution in [2.75, 3.05) is 16.9 Å². The van der Waals surface area contributed by atoms with Crippen LogP contribution in [-0.4, -0.2) is 39.4 Å². The van der Waals surface area contributed by atoms with Gasteiger partial charge in [-0.05, 0) is 25.0 Å². The molecular formula is C10H16N4O4S2. The van der Waals surface area contributed by atoms with E-state index >= 15 is 0 Å². The molecule has 2 heterocycles. The molecule has 1 fully saturated rings. The Kier molecular flexibility index (Phi) is 4.28. The number of nitrogens with zero attached hydrogens (tertiary/aromatic N) is 1. The van der Waals surface area contributed by atoms with Crippen molar-refractivity contribution in [1.82, 2.24) is 9.71 Å². The maximum Gasteiger partial charge on any atom is 0.260 e. The highest BCUT2D eigenvalue weighted by atomic mass is 32.2. The van der Waals surface area contributed by atoms with E-state index in [1.165, 1.54) is 12.3 Å². The van der Waals surface area contributed by atoms with Crippen LogP contribution in [0.3, 0.4) is 0 Å².